The summed E-state index contributed by atoms with van der Waals surface area (Å²) in [4.78, 5) is 18.6. The molecule has 0 aliphatic heterocycles. The summed E-state index contributed by atoms with van der Waals surface area (Å²) in [6.07, 6.45) is 0.872. The van der Waals surface area contributed by atoms with Gasteiger partial charge in [-0.1, -0.05) is 23.4 Å². The molecule has 0 bridgehead atoms. The fraction of sp³-hybridized carbons (Fsp3) is 0.250. The lowest BCUT2D eigenvalue weighted by molar-refractivity contribution is 0.0953. The quantitative estimate of drug-likeness (QED) is 0.662. The smallest absolute Gasteiger partial charge is 0.257 e. The van der Waals surface area contributed by atoms with Crippen LogP contribution in [0, 0.1) is 6.92 Å². The van der Waals surface area contributed by atoms with Crippen molar-refractivity contribution < 1.29 is 9.32 Å². The minimum atomic E-state index is -0.0828. The van der Waals surface area contributed by atoms with Crippen molar-refractivity contribution in [3.63, 3.8) is 0 Å². The van der Waals surface area contributed by atoms with Gasteiger partial charge in [0, 0.05) is 37.0 Å². The summed E-state index contributed by atoms with van der Waals surface area (Å²) in [6.45, 7) is 3.27. The Morgan fingerprint density at radius 1 is 1.12 bits per heavy atom. The molecule has 3 rings (SSSR count). The van der Waals surface area contributed by atoms with Gasteiger partial charge in [0.1, 0.15) is 0 Å². The number of anilines is 1. The Hall–Kier alpha value is -3.15. The molecule has 6 heteroatoms. The normalized spacial score (nSPS) is 10.5. The Balaban J connectivity index is 1.46. The molecule has 134 valence electrons. The first-order valence-electron chi connectivity index (χ1n) is 8.58. The van der Waals surface area contributed by atoms with E-state index in [2.05, 4.69) is 39.5 Å². The molecule has 0 spiro atoms. The fourth-order valence-corrected chi connectivity index (χ4v) is 2.61. The first kappa shape index (κ1) is 17.7. The van der Waals surface area contributed by atoms with Gasteiger partial charge in [0.15, 0.2) is 5.82 Å². The van der Waals surface area contributed by atoms with Gasteiger partial charge < -0.3 is 14.7 Å². The molecular formula is C20H22N4O2. The molecule has 3 aromatic rings. The molecule has 0 unspecified atom stereocenters. The number of aryl methyl sites for hydroxylation is 1. The predicted octanol–water partition coefficient (Wildman–Crippen LogP) is 3.30. The van der Waals surface area contributed by atoms with E-state index >= 15 is 0 Å². The maximum absolute atomic E-state index is 12.2. The molecule has 0 radical (unpaired) electrons. The molecule has 26 heavy (non-hydrogen) atoms. The maximum Gasteiger partial charge on any atom is 0.257 e. The molecule has 0 aliphatic carbocycles. The lowest BCUT2D eigenvalue weighted by atomic mass is 10.1. The number of nitrogens with one attached hydrogen (secondary N) is 1. The SMILES string of the molecule is Cc1noc(-c2ccc(C(=O)NCCCN(C)c3ccccc3)cc2)n1. The van der Waals surface area contributed by atoms with Crippen LogP contribution in [0.1, 0.15) is 22.6 Å². The second kappa shape index (κ2) is 8.29. The van der Waals surface area contributed by atoms with E-state index in [1.165, 1.54) is 5.69 Å². The molecule has 0 aliphatic rings. The average Bonchev–Trinajstić information content (AvgIpc) is 3.12. The highest BCUT2D eigenvalue weighted by molar-refractivity contribution is 5.94. The molecule has 0 atom stereocenters. The van der Waals surface area contributed by atoms with E-state index < -0.39 is 0 Å². The third-order valence-corrected chi connectivity index (χ3v) is 4.07. The van der Waals surface area contributed by atoms with Gasteiger partial charge in [-0.25, -0.2) is 0 Å². The summed E-state index contributed by atoms with van der Waals surface area (Å²) < 4.78 is 5.12. The summed E-state index contributed by atoms with van der Waals surface area (Å²) in [5.41, 5.74) is 2.58. The molecule has 6 nitrogen and oxygen atoms in total. The first-order chi connectivity index (χ1) is 12.6. The average molecular weight is 350 g/mol. The third-order valence-electron chi connectivity index (χ3n) is 4.07. The zero-order valence-corrected chi connectivity index (χ0v) is 15.0. The number of benzene rings is 2. The van der Waals surface area contributed by atoms with Crippen LogP contribution in [0.15, 0.2) is 59.1 Å². The van der Waals surface area contributed by atoms with Crippen LogP contribution in [0.3, 0.4) is 0 Å². The van der Waals surface area contributed by atoms with Crippen LogP contribution in [0.25, 0.3) is 11.5 Å². The standard InChI is InChI=1S/C20H22N4O2/c1-15-22-20(26-23-15)17-11-9-16(10-12-17)19(25)21-13-6-14-24(2)18-7-4-3-5-8-18/h3-5,7-12H,6,13-14H2,1-2H3,(H,21,25). The lowest BCUT2D eigenvalue weighted by Gasteiger charge is -2.19. The number of aromatic nitrogens is 2. The van der Waals surface area contributed by atoms with Crippen molar-refractivity contribution in [2.75, 3.05) is 25.0 Å². The Bertz CT molecular complexity index is 844. The van der Waals surface area contributed by atoms with E-state index in [1.807, 2.05) is 30.3 Å². The van der Waals surface area contributed by atoms with Gasteiger partial charge in [-0.15, -0.1) is 0 Å². The molecule has 1 heterocycles. The summed E-state index contributed by atoms with van der Waals surface area (Å²) >= 11 is 0. The first-order valence-corrected chi connectivity index (χ1v) is 8.58. The lowest BCUT2D eigenvalue weighted by Crippen LogP contribution is -2.28. The van der Waals surface area contributed by atoms with Gasteiger partial charge >= 0.3 is 0 Å². The van der Waals surface area contributed by atoms with Gasteiger partial charge in [-0.3, -0.25) is 4.79 Å². The van der Waals surface area contributed by atoms with Crippen LogP contribution >= 0.6 is 0 Å². The van der Waals surface area contributed by atoms with Gasteiger partial charge in [0.2, 0.25) is 0 Å². The largest absolute Gasteiger partial charge is 0.375 e. The van der Waals surface area contributed by atoms with Gasteiger partial charge in [0.25, 0.3) is 11.8 Å². The van der Waals surface area contributed by atoms with Crippen LogP contribution in [0.5, 0.6) is 0 Å². The number of nitrogens with zero attached hydrogens (tertiary/aromatic N) is 3. The number of carbonyl (C=O) groups excluding carboxylic acids is 1. The van der Waals surface area contributed by atoms with Gasteiger partial charge in [0.05, 0.1) is 0 Å². The van der Waals surface area contributed by atoms with Crippen molar-refractivity contribution in [3.05, 3.63) is 66.0 Å². The molecule has 1 aromatic heterocycles. The van der Waals surface area contributed by atoms with E-state index in [-0.39, 0.29) is 5.91 Å². The molecule has 0 saturated carbocycles. The van der Waals surface area contributed by atoms with Crippen molar-refractivity contribution in [2.45, 2.75) is 13.3 Å². The Labute approximate surface area is 152 Å². The molecule has 1 amide bonds. The van der Waals surface area contributed by atoms with E-state index in [0.717, 1.165) is 18.5 Å². The molecule has 0 fully saturated rings. The number of hydrogen-bond donors (Lipinski definition) is 1. The Kier molecular flexibility index (Phi) is 5.63. The highest BCUT2D eigenvalue weighted by atomic mass is 16.5. The fourth-order valence-electron chi connectivity index (χ4n) is 2.61. The monoisotopic (exact) mass is 350 g/mol. The maximum atomic E-state index is 12.2. The van der Waals surface area contributed by atoms with Crippen LogP contribution in [-0.2, 0) is 0 Å². The zero-order chi connectivity index (χ0) is 18.4. The highest BCUT2D eigenvalue weighted by Crippen LogP contribution is 2.17. The predicted molar refractivity (Wildman–Crippen MR) is 101 cm³/mol. The van der Waals surface area contributed by atoms with Crippen molar-refractivity contribution in [2.24, 2.45) is 0 Å². The number of rotatable bonds is 7. The molecule has 0 saturated heterocycles. The molecule has 2 aromatic carbocycles. The summed E-state index contributed by atoms with van der Waals surface area (Å²) in [7, 11) is 2.05. The summed E-state index contributed by atoms with van der Waals surface area (Å²) in [6, 6.07) is 17.3. The van der Waals surface area contributed by atoms with Gasteiger partial charge in [-0.2, -0.15) is 4.98 Å². The third kappa shape index (κ3) is 4.47. The Morgan fingerprint density at radius 3 is 2.50 bits per heavy atom. The van der Waals surface area contributed by atoms with E-state index in [9.17, 15) is 4.79 Å². The van der Waals surface area contributed by atoms with Crippen molar-refractivity contribution in [1.29, 1.82) is 0 Å². The van der Waals surface area contributed by atoms with Crippen LogP contribution < -0.4 is 10.2 Å². The van der Waals surface area contributed by atoms with Crippen molar-refractivity contribution in [3.8, 4) is 11.5 Å². The van der Waals surface area contributed by atoms with Crippen molar-refractivity contribution >= 4 is 11.6 Å². The van der Waals surface area contributed by atoms with E-state index in [1.54, 1.807) is 19.1 Å². The van der Waals surface area contributed by atoms with Crippen LogP contribution in [0.2, 0.25) is 0 Å². The minimum absolute atomic E-state index is 0.0828. The summed E-state index contributed by atoms with van der Waals surface area (Å²) in [5.74, 6) is 0.960. The van der Waals surface area contributed by atoms with Gasteiger partial charge in [-0.05, 0) is 49.7 Å². The second-order valence-corrected chi connectivity index (χ2v) is 6.09. The minimum Gasteiger partial charge on any atom is -0.375 e. The number of para-hydroxylation sites is 1. The number of carbonyl (C=O) groups is 1. The number of amides is 1. The zero-order valence-electron chi connectivity index (χ0n) is 15.0. The van der Waals surface area contributed by atoms with Crippen LogP contribution in [0.4, 0.5) is 5.69 Å². The molecular weight excluding hydrogens is 328 g/mol. The number of hydrogen-bond acceptors (Lipinski definition) is 5. The second-order valence-electron chi connectivity index (χ2n) is 6.09. The Morgan fingerprint density at radius 2 is 1.85 bits per heavy atom. The van der Waals surface area contributed by atoms with E-state index in [4.69, 9.17) is 4.52 Å². The van der Waals surface area contributed by atoms with Crippen molar-refractivity contribution in [1.82, 2.24) is 15.5 Å². The highest BCUT2D eigenvalue weighted by Gasteiger charge is 2.09. The summed E-state index contributed by atoms with van der Waals surface area (Å²) in [5, 5.41) is 6.72. The van der Waals surface area contributed by atoms with E-state index in [0.29, 0.717) is 23.8 Å². The topological polar surface area (TPSA) is 71.3 Å². The molecule has 1 N–H and O–H groups in total. The van der Waals surface area contributed by atoms with Crippen LogP contribution in [-0.4, -0.2) is 36.2 Å².